The molecule has 1 aromatic carbocycles. The van der Waals surface area contributed by atoms with E-state index in [1.165, 1.54) is 0 Å². The van der Waals surface area contributed by atoms with Crippen molar-refractivity contribution in [1.29, 1.82) is 0 Å². The average Bonchev–Trinajstić information content (AvgIpc) is 2.08. The summed E-state index contributed by atoms with van der Waals surface area (Å²) in [5.41, 5.74) is 6.49. The van der Waals surface area contributed by atoms with Gasteiger partial charge in [0.25, 0.3) is 0 Å². The summed E-state index contributed by atoms with van der Waals surface area (Å²) in [6.45, 7) is 0.620. The molecule has 0 spiro atoms. The minimum atomic E-state index is -0.250. The first-order valence-electron chi connectivity index (χ1n) is 3.12. The first-order valence-corrected chi connectivity index (χ1v) is 17.0. The van der Waals surface area contributed by atoms with Crippen molar-refractivity contribution in [3.63, 3.8) is 0 Å². The van der Waals surface area contributed by atoms with Crippen LogP contribution < -0.4 is 5.73 Å². The van der Waals surface area contributed by atoms with Crippen molar-refractivity contribution in [2.75, 3.05) is 0 Å². The predicted molar refractivity (Wildman–Crippen MR) is 51.0 cm³/mol. The number of nitrogens with two attached hydrogens (primary N) is 1. The van der Waals surface area contributed by atoms with Crippen LogP contribution in [0.5, 0.6) is 0 Å². The Bertz CT molecular complexity index is 169. The normalized spacial score (nSPS) is 7.55. The van der Waals surface area contributed by atoms with Crippen LogP contribution in [-0.4, -0.2) is 0 Å². The van der Waals surface area contributed by atoms with E-state index in [1.54, 1.807) is 0 Å². The van der Waals surface area contributed by atoms with E-state index in [-0.39, 0.29) is 13.2 Å². The van der Waals surface area contributed by atoms with Crippen LogP contribution in [0.1, 0.15) is 5.56 Å². The fraction of sp³-hybridized carbons (Fsp3) is 0.143. The monoisotopic (exact) mass is 328 g/mol. The Kier molecular flexibility index (Phi) is 9.47. The molecular weight excluding hydrogens is 323 g/mol. The van der Waals surface area contributed by atoms with E-state index in [9.17, 15) is 0 Å². The molecule has 0 saturated carbocycles. The van der Waals surface area contributed by atoms with Gasteiger partial charge in [-0.1, -0.05) is 24.3 Å². The second kappa shape index (κ2) is 8.86. The van der Waals surface area contributed by atoms with Crippen molar-refractivity contribution in [3.8, 4) is 0 Å². The summed E-state index contributed by atoms with van der Waals surface area (Å²) >= 11 is 6.25. The molecule has 0 unspecified atom stereocenters. The van der Waals surface area contributed by atoms with E-state index >= 15 is 0 Å². The van der Waals surface area contributed by atoms with E-state index in [2.05, 4.69) is 33.3 Å². The maximum absolute atomic E-state index is 5.34. The van der Waals surface area contributed by atoms with Gasteiger partial charge in [-0.15, -0.1) is 0 Å². The zero-order chi connectivity index (χ0) is 8.53. The molecule has 1 nitrogen and oxygen atoms in total. The van der Waals surface area contributed by atoms with E-state index in [1.807, 2.05) is 24.3 Å². The fourth-order valence-corrected chi connectivity index (χ4v) is 0.557. The number of halogens is 2. The van der Waals surface area contributed by atoms with Crippen LogP contribution in [-0.2, 0) is 19.8 Å². The summed E-state index contributed by atoms with van der Waals surface area (Å²) in [6, 6.07) is 10.6. The van der Waals surface area contributed by atoms with Gasteiger partial charge in [0.2, 0.25) is 0 Å². The molecule has 1 radical (unpaired) electrons. The Morgan fingerprint density at radius 2 is 1.82 bits per heavy atom. The van der Waals surface area contributed by atoms with Crippen LogP contribution in [0.25, 0.3) is 0 Å². The molecule has 2 N–H and O–H groups in total. The number of rotatable bonds is 1. The fourth-order valence-electron chi connectivity index (χ4n) is 0.557. The van der Waals surface area contributed by atoms with Gasteiger partial charge in [0.1, 0.15) is 0 Å². The maximum atomic E-state index is 5.34. The van der Waals surface area contributed by atoms with E-state index in [0.717, 1.165) is 5.56 Å². The van der Waals surface area contributed by atoms with Gasteiger partial charge in [-0.05, 0) is 11.6 Å². The molecule has 0 saturated heterocycles. The molecule has 0 bridgehead atoms. The third-order valence-electron chi connectivity index (χ3n) is 1.02. The first kappa shape index (κ1) is 11.8. The van der Waals surface area contributed by atoms with Crippen LogP contribution >= 0.6 is 27.2 Å². The van der Waals surface area contributed by atoms with Gasteiger partial charge < -0.3 is 5.73 Å². The van der Waals surface area contributed by atoms with Gasteiger partial charge in [0.05, 0.1) is 0 Å². The standard InChI is InChI=1S/C7H8N.2BrH.Zn/c8-6-7-4-2-1-3-5-7;;;/h2-5H,6,8H2;2*1H;/q;;;+2/p-2. The minimum absolute atomic E-state index is 0.250. The van der Waals surface area contributed by atoms with Gasteiger partial charge in [0, 0.05) is 6.54 Å². The van der Waals surface area contributed by atoms with Crippen LogP contribution in [0.3, 0.4) is 0 Å². The molecule has 1 rings (SSSR count). The number of hydrogen-bond donors (Lipinski definition) is 1. The van der Waals surface area contributed by atoms with Crippen molar-refractivity contribution in [1.82, 2.24) is 0 Å². The molecule has 0 atom stereocenters. The van der Waals surface area contributed by atoms with E-state index < -0.39 is 0 Å². The molecule has 1 aromatic rings. The zero-order valence-corrected chi connectivity index (χ0v) is 12.2. The van der Waals surface area contributed by atoms with Gasteiger partial charge in [-0.2, -0.15) is 0 Å². The molecule has 0 fully saturated rings. The van der Waals surface area contributed by atoms with Crippen molar-refractivity contribution in [3.05, 3.63) is 35.9 Å². The Balaban J connectivity index is 0.000000292. The summed E-state index contributed by atoms with van der Waals surface area (Å²) in [6.07, 6.45) is 0. The Morgan fingerprint density at radius 1 is 1.36 bits per heavy atom. The number of benzene rings is 1. The van der Waals surface area contributed by atoms with Crippen molar-refractivity contribution in [2.24, 2.45) is 5.73 Å². The van der Waals surface area contributed by atoms with Crippen molar-refractivity contribution < 1.29 is 13.2 Å². The molecule has 11 heavy (non-hydrogen) atoms. The first-order chi connectivity index (χ1) is 5.35. The molecule has 0 amide bonds. The van der Waals surface area contributed by atoms with Crippen LogP contribution in [0, 0.1) is 6.07 Å². The summed E-state index contributed by atoms with van der Waals surface area (Å²) < 4.78 is 0. The average molecular weight is 331 g/mol. The van der Waals surface area contributed by atoms with Gasteiger partial charge >= 0.3 is 40.5 Å². The third kappa shape index (κ3) is 7.14. The third-order valence-corrected chi connectivity index (χ3v) is 1.02. The summed E-state index contributed by atoms with van der Waals surface area (Å²) in [5.74, 6) is 0. The van der Waals surface area contributed by atoms with Gasteiger partial charge in [-0.25, -0.2) is 0 Å². The molecule has 0 aliphatic carbocycles. The Hall–Kier alpha value is 0.763. The topological polar surface area (TPSA) is 26.0 Å². The summed E-state index contributed by atoms with van der Waals surface area (Å²) in [7, 11) is 0. The van der Waals surface area contributed by atoms with Crippen LogP contribution in [0.15, 0.2) is 24.3 Å². The van der Waals surface area contributed by atoms with Gasteiger partial charge in [0.15, 0.2) is 0 Å². The van der Waals surface area contributed by atoms with Gasteiger partial charge in [-0.3, -0.25) is 0 Å². The zero-order valence-electron chi connectivity index (χ0n) is 6.06. The van der Waals surface area contributed by atoms with Crippen molar-refractivity contribution in [2.45, 2.75) is 6.54 Å². The summed E-state index contributed by atoms with van der Waals surface area (Å²) in [4.78, 5) is 0. The molecule has 0 aliphatic rings. The molecule has 0 aliphatic heterocycles. The molecular formula is C7H8Br2NZn. The predicted octanol–water partition coefficient (Wildman–Crippen LogP) is 2.63. The molecule has 4 heteroatoms. The quantitative estimate of drug-likeness (QED) is 0.787. The second-order valence-electron chi connectivity index (χ2n) is 1.71. The van der Waals surface area contributed by atoms with E-state index in [4.69, 9.17) is 5.73 Å². The molecule has 0 heterocycles. The SMILES string of the molecule is NCc1cc[c]cc1.[Br][Zn][Br]. The second-order valence-corrected chi connectivity index (χ2v) is 15.8. The Labute approximate surface area is 88.1 Å². The number of hydrogen-bond acceptors (Lipinski definition) is 1. The van der Waals surface area contributed by atoms with E-state index in [0.29, 0.717) is 6.54 Å². The van der Waals surface area contributed by atoms with Crippen LogP contribution in [0.4, 0.5) is 0 Å². The summed E-state index contributed by atoms with van der Waals surface area (Å²) in [5, 5.41) is 0. The molecule has 57 valence electrons. The Morgan fingerprint density at radius 3 is 2.09 bits per heavy atom. The molecule has 0 aromatic heterocycles. The van der Waals surface area contributed by atoms with Crippen LogP contribution in [0.2, 0.25) is 0 Å². The van der Waals surface area contributed by atoms with Crippen molar-refractivity contribution >= 4 is 27.2 Å².